The number of carbonyl (C=O) groups is 2. The van der Waals surface area contributed by atoms with Gasteiger partial charge >= 0.3 is 5.97 Å². The standard InChI is InChI=1S/C27H54O2.C14H28O.C7H16.C4H10O/c1-4-7-10-13-16-18-21-24-26(23-20-17-14-11-8-5-2)29-27(28)25-22-19-15-12-9-6-3;1-3-4-5-6-7-8-9-10-11-12-13-14(2)15;1-3-5-7-6-4-2;1-2-3-4-5/h26H,4-25H2,1-3H3;3-13H2,1-2H3;3-7H2,1-2H3;5H,2-4H2,1H3. The van der Waals surface area contributed by atoms with Crippen LogP contribution in [-0.4, -0.2) is 29.6 Å². The van der Waals surface area contributed by atoms with E-state index < -0.39 is 0 Å². The Balaban J connectivity index is -0.000000411. The summed E-state index contributed by atoms with van der Waals surface area (Å²) in [7, 11) is 0. The number of Topliss-reactive ketones (excluding diaryl/α,β-unsaturated/α-hetero) is 1. The molecule has 4 heteroatoms. The van der Waals surface area contributed by atoms with E-state index in [1.54, 1.807) is 6.92 Å². The molecule has 0 fully saturated rings. The van der Waals surface area contributed by atoms with Gasteiger partial charge in [-0.05, 0) is 51.9 Å². The van der Waals surface area contributed by atoms with Crippen molar-refractivity contribution in [3.63, 3.8) is 0 Å². The predicted octanol–water partition coefficient (Wildman–Crippen LogP) is 18.2. The van der Waals surface area contributed by atoms with E-state index in [-0.39, 0.29) is 12.1 Å². The van der Waals surface area contributed by atoms with Crippen molar-refractivity contribution >= 4 is 11.8 Å². The lowest BCUT2D eigenvalue weighted by molar-refractivity contribution is -0.150. The Kier molecular flexibility index (Phi) is 67.0. The number of unbranched alkanes of at least 4 members (excludes halogenated alkanes) is 30. The number of esters is 1. The summed E-state index contributed by atoms with van der Waals surface area (Å²) >= 11 is 0. The van der Waals surface area contributed by atoms with E-state index >= 15 is 0 Å². The SMILES string of the molecule is CCCCCCC.CCCCCCCCCC(CCCCCCCC)OC(=O)CCCCCCCC.CCCCCCCCCCCCC(C)=O.CCCCO. The Morgan fingerprint density at radius 1 is 0.357 bits per heavy atom. The summed E-state index contributed by atoms with van der Waals surface area (Å²) < 4.78 is 5.91. The third-order valence-electron chi connectivity index (χ3n) is 10.6. The van der Waals surface area contributed by atoms with Gasteiger partial charge in [-0.1, -0.05) is 248 Å². The fourth-order valence-electron chi connectivity index (χ4n) is 6.73. The monoisotopic (exact) mass is 797 g/mol. The second-order valence-electron chi connectivity index (χ2n) is 16.9. The largest absolute Gasteiger partial charge is 0.462 e. The molecule has 0 saturated heterocycles. The van der Waals surface area contributed by atoms with Crippen molar-refractivity contribution in [2.45, 2.75) is 318 Å². The topological polar surface area (TPSA) is 63.6 Å². The summed E-state index contributed by atoms with van der Waals surface area (Å²) in [5, 5.41) is 8.07. The maximum atomic E-state index is 12.3. The smallest absolute Gasteiger partial charge is 0.306 e. The summed E-state index contributed by atoms with van der Waals surface area (Å²) in [6, 6.07) is 0. The third-order valence-corrected chi connectivity index (χ3v) is 10.6. The fraction of sp³-hybridized carbons (Fsp3) is 0.962. The van der Waals surface area contributed by atoms with Gasteiger partial charge in [-0.15, -0.1) is 0 Å². The summed E-state index contributed by atoms with van der Waals surface area (Å²) in [5.41, 5.74) is 0. The second kappa shape index (κ2) is 60.8. The van der Waals surface area contributed by atoms with Crippen LogP contribution in [0.2, 0.25) is 0 Å². The number of ether oxygens (including phenoxy) is 1. The number of ketones is 1. The molecular formula is C52H108O4. The maximum absolute atomic E-state index is 12.3. The van der Waals surface area contributed by atoms with E-state index in [0.717, 1.165) is 44.9 Å². The fourth-order valence-corrected chi connectivity index (χ4v) is 6.73. The van der Waals surface area contributed by atoms with Gasteiger partial charge in [0.05, 0.1) is 0 Å². The van der Waals surface area contributed by atoms with Crippen LogP contribution in [0.3, 0.4) is 0 Å². The first-order chi connectivity index (χ1) is 27.3. The summed E-state index contributed by atoms with van der Waals surface area (Å²) in [6.07, 6.45) is 50.7. The average Bonchev–Trinajstić information content (AvgIpc) is 3.19. The Morgan fingerprint density at radius 2 is 0.607 bits per heavy atom. The van der Waals surface area contributed by atoms with E-state index in [0.29, 0.717) is 18.8 Å². The van der Waals surface area contributed by atoms with E-state index in [1.807, 2.05) is 0 Å². The van der Waals surface area contributed by atoms with Crippen molar-refractivity contribution in [2.24, 2.45) is 0 Å². The summed E-state index contributed by atoms with van der Waals surface area (Å²) in [4.78, 5) is 23.0. The van der Waals surface area contributed by atoms with Crippen molar-refractivity contribution in [3.05, 3.63) is 0 Å². The van der Waals surface area contributed by atoms with Crippen LogP contribution in [-0.2, 0) is 14.3 Å². The van der Waals surface area contributed by atoms with E-state index in [1.165, 1.54) is 205 Å². The zero-order valence-corrected chi connectivity index (χ0v) is 40.2. The number of aliphatic hydroxyl groups excluding tert-OH is 1. The van der Waals surface area contributed by atoms with Gasteiger partial charge in [0.2, 0.25) is 0 Å². The molecule has 0 radical (unpaired) electrons. The Morgan fingerprint density at radius 3 is 0.875 bits per heavy atom. The molecule has 0 aliphatic carbocycles. The Labute approximate surface area is 355 Å². The molecule has 0 bridgehead atoms. The van der Waals surface area contributed by atoms with E-state index in [9.17, 15) is 9.59 Å². The zero-order valence-electron chi connectivity index (χ0n) is 40.2. The molecule has 340 valence electrons. The Hall–Kier alpha value is -0.900. The molecule has 0 aliphatic rings. The van der Waals surface area contributed by atoms with Gasteiger partial charge in [0.1, 0.15) is 11.9 Å². The van der Waals surface area contributed by atoms with Gasteiger partial charge in [-0.2, -0.15) is 0 Å². The molecule has 0 aliphatic heterocycles. The molecular weight excluding hydrogens is 689 g/mol. The van der Waals surface area contributed by atoms with Gasteiger partial charge < -0.3 is 14.6 Å². The number of rotatable bonds is 40. The van der Waals surface area contributed by atoms with Gasteiger partial charge in [-0.3, -0.25) is 4.79 Å². The lowest BCUT2D eigenvalue weighted by atomic mass is 10.0. The molecule has 56 heavy (non-hydrogen) atoms. The van der Waals surface area contributed by atoms with Crippen molar-refractivity contribution in [2.75, 3.05) is 6.61 Å². The number of carbonyl (C=O) groups excluding carboxylic acids is 2. The highest BCUT2D eigenvalue weighted by Gasteiger charge is 2.14. The van der Waals surface area contributed by atoms with Crippen molar-refractivity contribution < 1.29 is 19.4 Å². The molecule has 1 unspecified atom stereocenters. The normalized spacial score (nSPS) is 11.1. The number of hydrogen-bond acceptors (Lipinski definition) is 4. The first kappa shape index (κ1) is 61.8. The molecule has 0 rings (SSSR count). The number of hydrogen-bond donors (Lipinski definition) is 1. The zero-order chi connectivity index (χ0) is 42.4. The minimum Gasteiger partial charge on any atom is -0.462 e. The van der Waals surface area contributed by atoms with Crippen molar-refractivity contribution in [3.8, 4) is 0 Å². The predicted molar refractivity (Wildman–Crippen MR) is 252 cm³/mol. The van der Waals surface area contributed by atoms with Gasteiger partial charge in [0.15, 0.2) is 0 Å². The summed E-state index contributed by atoms with van der Waals surface area (Å²) in [5.74, 6) is 0.397. The van der Waals surface area contributed by atoms with Crippen molar-refractivity contribution in [1.82, 2.24) is 0 Å². The lowest BCUT2D eigenvalue weighted by Gasteiger charge is -2.18. The second-order valence-corrected chi connectivity index (χ2v) is 16.9. The van der Waals surface area contributed by atoms with Gasteiger partial charge in [0, 0.05) is 19.4 Å². The first-order valence-electron chi connectivity index (χ1n) is 25.6. The molecule has 0 amide bonds. The average molecular weight is 797 g/mol. The molecule has 0 aromatic rings. The molecule has 1 N–H and O–H groups in total. The van der Waals surface area contributed by atoms with Gasteiger partial charge in [-0.25, -0.2) is 0 Å². The molecule has 4 nitrogen and oxygen atoms in total. The number of aliphatic hydroxyl groups is 1. The third kappa shape index (κ3) is 67.8. The molecule has 0 spiro atoms. The quantitative estimate of drug-likeness (QED) is 0.0495. The maximum Gasteiger partial charge on any atom is 0.306 e. The minimum absolute atomic E-state index is 0.0550. The lowest BCUT2D eigenvalue weighted by Crippen LogP contribution is -2.18. The van der Waals surface area contributed by atoms with Crippen LogP contribution >= 0.6 is 0 Å². The van der Waals surface area contributed by atoms with E-state index in [2.05, 4.69) is 48.5 Å². The first-order valence-corrected chi connectivity index (χ1v) is 25.6. The van der Waals surface area contributed by atoms with E-state index in [4.69, 9.17) is 9.84 Å². The van der Waals surface area contributed by atoms with Crippen LogP contribution in [0.25, 0.3) is 0 Å². The molecule has 0 aromatic carbocycles. The van der Waals surface area contributed by atoms with Crippen LogP contribution < -0.4 is 0 Å². The minimum atomic E-state index is 0.0550. The molecule has 0 heterocycles. The summed E-state index contributed by atoms with van der Waals surface area (Å²) in [6.45, 7) is 17.6. The molecule has 1 atom stereocenters. The highest BCUT2D eigenvalue weighted by Crippen LogP contribution is 2.18. The highest BCUT2D eigenvalue weighted by atomic mass is 16.5. The van der Waals surface area contributed by atoms with Crippen LogP contribution in [0.5, 0.6) is 0 Å². The van der Waals surface area contributed by atoms with Crippen LogP contribution in [0, 0.1) is 0 Å². The van der Waals surface area contributed by atoms with Crippen LogP contribution in [0.1, 0.15) is 312 Å². The van der Waals surface area contributed by atoms with Crippen LogP contribution in [0.4, 0.5) is 0 Å². The van der Waals surface area contributed by atoms with Crippen LogP contribution in [0.15, 0.2) is 0 Å². The van der Waals surface area contributed by atoms with Crippen molar-refractivity contribution in [1.29, 1.82) is 0 Å². The highest BCUT2D eigenvalue weighted by molar-refractivity contribution is 5.75. The van der Waals surface area contributed by atoms with Gasteiger partial charge in [0.25, 0.3) is 0 Å². The Bertz CT molecular complexity index is 672. The molecule has 0 saturated carbocycles. The molecule has 0 aromatic heterocycles.